The molecule has 0 aliphatic rings. The van der Waals surface area contributed by atoms with Crippen LogP contribution in [0, 0.1) is 0 Å². The molecule has 3 aromatic rings. The Hall–Kier alpha value is -2.45. The Morgan fingerprint density at radius 2 is 1.00 bits per heavy atom. The molecule has 0 spiro atoms. The van der Waals surface area contributed by atoms with Gasteiger partial charge in [-0.05, 0) is 13.6 Å². The van der Waals surface area contributed by atoms with Gasteiger partial charge in [-0.1, -0.05) is 91.0 Å². The van der Waals surface area contributed by atoms with Gasteiger partial charge in [0.2, 0.25) is 0 Å². The lowest BCUT2D eigenvalue weighted by Crippen LogP contribution is -2.62. The molecular formula is C20H18OSi-. The number of carbonyl (C=O) groups is 1. The summed E-state index contributed by atoms with van der Waals surface area (Å²) in [5.74, 6) is 0. The maximum absolute atomic E-state index is 13.3. The predicted molar refractivity (Wildman–Crippen MR) is 94.5 cm³/mol. The second-order valence-corrected chi connectivity index (χ2v) is 9.41. The summed E-state index contributed by atoms with van der Waals surface area (Å²) in [6.07, 6.45) is 0. The lowest BCUT2D eigenvalue weighted by atomic mass is 10.2. The zero-order valence-corrected chi connectivity index (χ0v) is 13.6. The van der Waals surface area contributed by atoms with Gasteiger partial charge in [0.15, 0.2) is 0 Å². The van der Waals surface area contributed by atoms with E-state index in [0.29, 0.717) is 0 Å². The van der Waals surface area contributed by atoms with Crippen molar-refractivity contribution >= 4 is 23.9 Å². The summed E-state index contributed by atoms with van der Waals surface area (Å²) >= 11 is 0. The van der Waals surface area contributed by atoms with Gasteiger partial charge < -0.3 is 4.79 Å². The highest BCUT2D eigenvalue weighted by molar-refractivity contribution is 7.23. The molecule has 0 saturated heterocycles. The molecule has 0 amide bonds. The minimum atomic E-state index is -2.48. The van der Waals surface area contributed by atoms with Crippen molar-refractivity contribution in [3.8, 4) is 0 Å². The van der Waals surface area contributed by atoms with E-state index < -0.39 is 8.07 Å². The number of hydrogen-bond donors (Lipinski definition) is 0. The first-order valence-corrected chi connectivity index (χ1v) is 9.94. The van der Waals surface area contributed by atoms with Crippen LogP contribution >= 0.6 is 0 Å². The van der Waals surface area contributed by atoms with E-state index in [0.717, 1.165) is 15.9 Å². The molecule has 0 atom stereocenters. The minimum absolute atomic E-state index is 0.255. The van der Waals surface area contributed by atoms with Gasteiger partial charge in [-0.15, -0.1) is 0 Å². The van der Waals surface area contributed by atoms with Gasteiger partial charge in [0, 0.05) is 5.41 Å². The maximum Gasteiger partial charge on any atom is 0.0298 e. The first-order chi connectivity index (χ1) is 10.7. The fourth-order valence-electron chi connectivity index (χ4n) is 2.85. The van der Waals surface area contributed by atoms with Crippen LogP contribution in [0.4, 0.5) is 0 Å². The van der Waals surface area contributed by atoms with Crippen molar-refractivity contribution in [3.05, 3.63) is 96.6 Å². The molecule has 0 aromatic heterocycles. The Balaban J connectivity index is 2.18. The van der Waals surface area contributed by atoms with Crippen molar-refractivity contribution in [1.82, 2.24) is 0 Å². The Kier molecular flexibility index (Phi) is 4.03. The van der Waals surface area contributed by atoms with Gasteiger partial charge in [0.1, 0.15) is 0 Å². The van der Waals surface area contributed by atoms with Crippen LogP contribution in [0.15, 0.2) is 91.0 Å². The van der Waals surface area contributed by atoms with Gasteiger partial charge in [-0.3, -0.25) is 0 Å². The molecule has 109 valence electrons. The van der Waals surface area contributed by atoms with E-state index in [1.807, 2.05) is 66.7 Å². The van der Waals surface area contributed by atoms with E-state index in [2.05, 4.69) is 30.8 Å². The number of benzene rings is 3. The molecule has 3 aromatic carbocycles. The normalized spacial score (nSPS) is 11.1. The van der Waals surface area contributed by atoms with Crippen molar-refractivity contribution < 1.29 is 4.79 Å². The lowest BCUT2D eigenvalue weighted by molar-refractivity contribution is 0.107. The van der Waals surface area contributed by atoms with Gasteiger partial charge in [-0.2, -0.15) is 16.9 Å². The summed E-state index contributed by atoms with van der Waals surface area (Å²) in [4.78, 5) is 13.3. The highest BCUT2D eigenvalue weighted by Crippen LogP contribution is 2.13. The van der Waals surface area contributed by atoms with Crippen molar-refractivity contribution in [3.63, 3.8) is 0 Å². The Morgan fingerprint density at radius 3 is 1.41 bits per heavy atom. The first-order valence-electron chi connectivity index (χ1n) is 7.44. The predicted octanol–water partition coefficient (Wildman–Crippen LogP) is 3.30. The van der Waals surface area contributed by atoms with Crippen LogP contribution in [0.1, 0.15) is 10.4 Å². The summed E-state index contributed by atoms with van der Waals surface area (Å²) in [5.41, 5.74) is 0.796. The van der Waals surface area contributed by atoms with E-state index in [-0.39, 0.29) is 5.41 Å². The highest BCUT2D eigenvalue weighted by Gasteiger charge is 2.27. The third-order valence-corrected chi connectivity index (χ3v) is 8.37. The molecule has 0 aliphatic heterocycles. The molecule has 1 nitrogen and oxygen atoms in total. The van der Waals surface area contributed by atoms with Gasteiger partial charge in [0.05, 0.1) is 0 Å². The molecule has 22 heavy (non-hydrogen) atoms. The van der Waals surface area contributed by atoms with Crippen molar-refractivity contribution in [2.75, 3.05) is 0 Å². The molecule has 0 unspecified atom stereocenters. The van der Waals surface area contributed by atoms with Crippen LogP contribution in [0.2, 0.25) is 6.55 Å². The Morgan fingerprint density at radius 1 is 0.636 bits per heavy atom. The van der Waals surface area contributed by atoms with E-state index in [9.17, 15) is 4.79 Å². The standard InChI is InChI=1S/C20H18OSi/c1-22(18-13-7-3-8-14-18,19-15-9-4-10-16-19)20(21)17-11-5-2-6-12-17/h2-16H,1H3/q-1. The van der Waals surface area contributed by atoms with E-state index in [1.165, 1.54) is 0 Å². The Bertz CT molecular complexity index is 712. The quantitative estimate of drug-likeness (QED) is 0.676. The fraction of sp³-hybridized carbons (Fsp3) is 0.0500. The van der Waals surface area contributed by atoms with E-state index in [4.69, 9.17) is 0 Å². The molecule has 2 heteroatoms. The minimum Gasteiger partial charge on any atom is -0.335 e. The lowest BCUT2D eigenvalue weighted by Gasteiger charge is -2.39. The van der Waals surface area contributed by atoms with Crippen LogP contribution in [0.5, 0.6) is 0 Å². The van der Waals surface area contributed by atoms with Crippen LogP contribution in [-0.2, 0) is 0 Å². The topological polar surface area (TPSA) is 17.1 Å². The van der Waals surface area contributed by atoms with Gasteiger partial charge >= 0.3 is 0 Å². The number of carbonyl (C=O) groups excluding carboxylic acids is 1. The second-order valence-electron chi connectivity index (χ2n) is 5.55. The zero-order chi connectivity index (χ0) is 15.4. The Labute approximate surface area is 132 Å². The summed E-state index contributed by atoms with van der Waals surface area (Å²) in [6.45, 7) is 2.15. The number of rotatable bonds is 4. The van der Waals surface area contributed by atoms with E-state index in [1.54, 1.807) is 0 Å². The molecule has 0 N–H and O–H groups in total. The molecule has 0 aliphatic carbocycles. The fourth-order valence-corrected chi connectivity index (χ4v) is 6.17. The summed E-state index contributed by atoms with van der Waals surface area (Å²) in [6, 6.07) is 30.0. The number of hydrogen-bond acceptors (Lipinski definition) is 1. The molecule has 0 bridgehead atoms. The average Bonchev–Trinajstić information content (AvgIpc) is 2.62. The molecular weight excluding hydrogens is 284 g/mol. The van der Waals surface area contributed by atoms with Crippen molar-refractivity contribution in [1.29, 1.82) is 0 Å². The third-order valence-electron chi connectivity index (χ3n) is 4.19. The van der Waals surface area contributed by atoms with Gasteiger partial charge in [-0.25, -0.2) is 0 Å². The molecule has 0 fully saturated rings. The third kappa shape index (κ3) is 2.53. The summed E-state index contributed by atoms with van der Waals surface area (Å²) < 4.78 is 0. The average molecular weight is 302 g/mol. The van der Waals surface area contributed by atoms with Crippen molar-refractivity contribution in [2.45, 2.75) is 6.55 Å². The van der Waals surface area contributed by atoms with Crippen LogP contribution in [-0.4, -0.2) is 13.5 Å². The van der Waals surface area contributed by atoms with Gasteiger partial charge in [0.25, 0.3) is 0 Å². The SMILES string of the molecule is C[Si-](C(=O)c1ccccc1)(c1ccccc1)c1ccccc1. The molecule has 0 radical (unpaired) electrons. The molecule has 0 saturated carbocycles. The summed E-state index contributed by atoms with van der Waals surface area (Å²) in [7, 11) is -2.48. The summed E-state index contributed by atoms with van der Waals surface area (Å²) in [5, 5.41) is 2.55. The zero-order valence-electron chi connectivity index (χ0n) is 12.6. The smallest absolute Gasteiger partial charge is 0.0298 e. The van der Waals surface area contributed by atoms with Crippen LogP contribution < -0.4 is 10.4 Å². The first kappa shape index (κ1) is 14.5. The molecule has 0 heterocycles. The van der Waals surface area contributed by atoms with Crippen LogP contribution in [0.25, 0.3) is 0 Å². The van der Waals surface area contributed by atoms with Crippen LogP contribution in [0.3, 0.4) is 0 Å². The van der Waals surface area contributed by atoms with Crippen molar-refractivity contribution in [2.24, 2.45) is 0 Å². The monoisotopic (exact) mass is 302 g/mol. The van der Waals surface area contributed by atoms with E-state index >= 15 is 0 Å². The highest BCUT2D eigenvalue weighted by atomic mass is 28.3. The molecule has 3 rings (SSSR count). The largest absolute Gasteiger partial charge is 0.335 e. The maximum atomic E-state index is 13.3. The second kappa shape index (κ2) is 6.12.